The molecular formula is C16H17N5O. The zero-order valence-electron chi connectivity index (χ0n) is 12.8. The van der Waals surface area contributed by atoms with Crippen molar-refractivity contribution in [1.29, 1.82) is 0 Å². The van der Waals surface area contributed by atoms with Crippen molar-refractivity contribution in [3.8, 4) is 0 Å². The van der Waals surface area contributed by atoms with E-state index in [9.17, 15) is 4.79 Å². The second kappa shape index (κ2) is 5.55. The van der Waals surface area contributed by atoms with Crippen molar-refractivity contribution < 1.29 is 4.79 Å². The number of hydrogen-bond acceptors (Lipinski definition) is 4. The quantitative estimate of drug-likeness (QED) is 0.741. The maximum absolute atomic E-state index is 12.8. The first-order valence-electron chi connectivity index (χ1n) is 7.01. The molecule has 2 aromatic heterocycles. The van der Waals surface area contributed by atoms with Crippen molar-refractivity contribution in [2.75, 3.05) is 7.05 Å². The van der Waals surface area contributed by atoms with Crippen molar-refractivity contribution in [1.82, 2.24) is 24.6 Å². The van der Waals surface area contributed by atoms with Gasteiger partial charge < -0.3 is 4.90 Å². The van der Waals surface area contributed by atoms with E-state index >= 15 is 0 Å². The number of benzene rings is 1. The first-order chi connectivity index (χ1) is 10.6. The van der Waals surface area contributed by atoms with Crippen molar-refractivity contribution in [3.63, 3.8) is 0 Å². The molecule has 22 heavy (non-hydrogen) atoms. The molecule has 0 saturated heterocycles. The zero-order chi connectivity index (χ0) is 15.7. The lowest BCUT2D eigenvalue weighted by molar-refractivity contribution is 0.0782. The minimum Gasteiger partial charge on any atom is -0.334 e. The van der Waals surface area contributed by atoms with E-state index < -0.39 is 0 Å². The van der Waals surface area contributed by atoms with Crippen LogP contribution < -0.4 is 0 Å². The van der Waals surface area contributed by atoms with Gasteiger partial charge in [-0.3, -0.25) is 14.5 Å². The van der Waals surface area contributed by atoms with Gasteiger partial charge >= 0.3 is 0 Å². The average molecular weight is 295 g/mol. The zero-order valence-corrected chi connectivity index (χ0v) is 12.8. The highest BCUT2D eigenvalue weighted by Gasteiger charge is 2.17. The van der Waals surface area contributed by atoms with Gasteiger partial charge in [-0.05, 0) is 19.1 Å². The Balaban J connectivity index is 1.96. The predicted octanol–water partition coefficient (Wildman–Crippen LogP) is 1.94. The number of fused-ring (bicyclic) bond motifs is 1. The molecule has 0 N–H and O–H groups in total. The number of carbonyl (C=O) groups is 1. The van der Waals surface area contributed by atoms with Crippen molar-refractivity contribution in [3.05, 3.63) is 53.7 Å². The fraction of sp³-hybridized carbons (Fsp3) is 0.250. The van der Waals surface area contributed by atoms with Gasteiger partial charge in [-0.15, -0.1) is 0 Å². The van der Waals surface area contributed by atoms with Crippen LogP contribution >= 0.6 is 0 Å². The molecule has 0 unspecified atom stereocenters. The SMILES string of the molecule is Cc1cc(C(=O)N(C)Cc2ncnn2C)c2ccccc2n1. The van der Waals surface area contributed by atoms with Crippen LogP contribution in [0.5, 0.6) is 0 Å². The van der Waals surface area contributed by atoms with Crippen LogP contribution in [0.4, 0.5) is 0 Å². The van der Waals surface area contributed by atoms with Crippen molar-refractivity contribution in [2.45, 2.75) is 13.5 Å². The molecule has 0 aliphatic rings. The van der Waals surface area contributed by atoms with Crippen LogP contribution in [0.2, 0.25) is 0 Å². The first-order valence-corrected chi connectivity index (χ1v) is 7.01. The average Bonchev–Trinajstić information content (AvgIpc) is 2.90. The topological polar surface area (TPSA) is 63.9 Å². The van der Waals surface area contributed by atoms with Crippen LogP contribution in [0.15, 0.2) is 36.7 Å². The Kier molecular flexibility index (Phi) is 3.58. The Morgan fingerprint density at radius 1 is 1.32 bits per heavy atom. The van der Waals surface area contributed by atoms with E-state index in [1.165, 1.54) is 6.33 Å². The van der Waals surface area contributed by atoms with E-state index in [1.807, 2.05) is 44.3 Å². The van der Waals surface area contributed by atoms with Crippen LogP contribution in [-0.4, -0.2) is 37.6 Å². The molecule has 0 spiro atoms. The lowest BCUT2D eigenvalue weighted by Gasteiger charge is -2.18. The molecule has 0 aliphatic heterocycles. The number of amides is 1. The monoisotopic (exact) mass is 295 g/mol. The Hall–Kier alpha value is -2.76. The van der Waals surface area contributed by atoms with E-state index in [0.29, 0.717) is 12.1 Å². The number of aromatic nitrogens is 4. The molecule has 0 saturated carbocycles. The number of hydrogen-bond donors (Lipinski definition) is 0. The lowest BCUT2D eigenvalue weighted by Crippen LogP contribution is -2.28. The first kappa shape index (κ1) is 14.2. The van der Waals surface area contributed by atoms with Gasteiger partial charge in [0.05, 0.1) is 17.6 Å². The minimum absolute atomic E-state index is 0.0512. The highest BCUT2D eigenvalue weighted by Crippen LogP contribution is 2.20. The summed E-state index contributed by atoms with van der Waals surface area (Å²) in [5.41, 5.74) is 2.32. The van der Waals surface area contributed by atoms with E-state index in [0.717, 1.165) is 22.4 Å². The number of rotatable bonds is 3. The lowest BCUT2D eigenvalue weighted by atomic mass is 10.1. The molecule has 0 bridgehead atoms. The van der Waals surface area contributed by atoms with Crippen LogP contribution in [0.25, 0.3) is 10.9 Å². The minimum atomic E-state index is -0.0512. The van der Waals surface area contributed by atoms with Crippen molar-refractivity contribution >= 4 is 16.8 Å². The van der Waals surface area contributed by atoms with Gasteiger partial charge in [0, 0.05) is 25.2 Å². The van der Waals surface area contributed by atoms with Gasteiger partial charge in [-0.1, -0.05) is 18.2 Å². The van der Waals surface area contributed by atoms with Gasteiger partial charge in [0.15, 0.2) is 0 Å². The molecule has 6 nitrogen and oxygen atoms in total. The Morgan fingerprint density at radius 3 is 2.82 bits per heavy atom. The standard InChI is InChI=1S/C16H17N5O/c1-11-8-13(12-6-4-5-7-14(12)19-11)16(22)20(2)9-15-17-10-18-21(15)3/h4-8,10H,9H2,1-3H3. The summed E-state index contributed by atoms with van der Waals surface area (Å²) in [5.74, 6) is 0.690. The summed E-state index contributed by atoms with van der Waals surface area (Å²) in [4.78, 5) is 23.1. The van der Waals surface area contributed by atoms with E-state index in [2.05, 4.69) is 15.1 Å². The number of nitrogens with zero attached hydrogens (tertiary/aromatic N) is 5. The second-order valence-electron chi connectivity index (χ2n) is 5.29. The highest BCUT2D eigenvalue weighted by atomic mass is 16.2. The third kappa shape index (κ3) is 2.55. The highest BCUT2D eigenvalue weighted by molar-refractivity contribution is 6.06. The molecule has 0 fully saturated rings. The number of para-hydroxylation sites is 1. The molecule has 0 aliphatic carbocycles. The van der Waals surface area contributed by atoms with Crippen LogP contribution in [0, 0.1) is 6.92 Å². The molecule has 112 valence electrons. The smallest absolute Gasteiger partial charge is 0.254 e. The molecular weight excluding hydrogens is 278 g/mol. The van der Waals surface area contributed by atoms with Gasteiger partial charge in [-0.25, -0.2) is 4.98 Å². The summed E-state index contributed by atoms with van der Waals surface area (Å²) in [6.07, 6.45) is 1.49. The summed E-state index contributed by atoms with van der Waals surface area (Å²) < 4.78 is 1.67. The molecule has 6 heteroatoms. The van der Waals surface area contributed by atoms with Crippen LogP contribution in [-0.2, 0) is 13.6 Å². The summed E-state index contributed by atoms with van der Waals surface area (Å²) >= 11 is 0. The maximum Gasteiger partial charge on any atom is 0.254 e. The summed E-state index contributed by atoms with van der Waals surface area (Å²) in [7, 11) is 3.58. The van der Waals surface area contributed by atoms with Crippen molar-refractivity contribution in [2.24, 2.45) is 7.05 Å². The van der Waals surface area contributed by atoms with Gasteiger partial charge in [0.1, 0.15) is 12.2 Å². The molecule has 3 aromatic rings. The van der Waals surface area contributed by atoms with E-state index in [1.54, 1.807) is 16.6 Å². The number of carbonyl (C=O) groups excluding carboxylic acids is 1. The molecule has 0 atom stereocenters. The largest absolute Gasteiger partial charge is 0.334 e. The molecule has 2 heterocycles. The van der Waals surface area contributed by atoms with Crippen LogP contribution in [0.3, 0.4) is 0 Å². The fourth-order valence-electron chi connectivity index (χ4n) is 2.44. The maximum atomic E-state index is 12.8. The summed E-state index contributed by atoms with van der Waals surface area (Å²) in [6.45, 7) is 2.30. The Labute approximate surface area is 128 Å². The Bertz CT molecular complexity index is 839. The fourth-order valence-corrected chi connectivity index (χ4v) is 2.44. The van der Waals surface area contributed by atoms with E-state index in [4.69, 9.17) is 0 Å². The van der Waals surface area contributed by atoms with Gasteiger partial charge in [-0.2, -0.15) is 5.10 Å². The normalized spacial score (nSPS) is 10.9. The molecule has 1 aromatic carbocycles. The number of aryl methyl sites for hydroxylation is 2. The van der Waals surface area contributed by atoms with E-state index in [-0.39, 0.29) is 5.91 Å². The second-order valence-corrected chi connectivity index (χ2v) is 5.29. The van der Waals surface area contributed by atoms with Gasteiger partial charge in [0.2, 0.25) is 0 Å². The third-order valence-corrected chi connectivity index (χ3v) is 3.61. The third-order valence-electron chi connectivity index (χ3n) is 3.61. The molecule has 3 rings (SSSR count). The predicted molar refractivity (Wildman–Crippen MR) is 83.3 cm³/mol. The molecule has 0 radical (unpaired) electrons. The summed E-state index contributed by atoms with van der Waals surface area (Å²) in [5, 5.41) is 4.89. The molecule has 1 amide bonds. The Morgan fingerprint density at radius 2 is 2.09 bits per heavy atom. The number of pyridine rings is 1. The van der Waals surface area contributed by atoms with Crippen LogP contribution in [0.1, 0.15) is 21.9 Å². The summed E-state index contributed by atoms with van der Waals surface area (Å²) in [6, 6.07) is 9.51. The van der Waals surface area contributed by atoms with Gasteiger partial charge in [0.25, 0.3) is 5.91 Å².